The maximum atomic E-state index is 11.7. The fraction of sp³-hybridized carbons (Fsp3) is 0.0714. The van der Waals surface area contributed by atoms with Crippen molar-refractivity contribution in [2.24, 2.45) is 0 Å². The van der Waals surface area contributed by atoms with E-state index in [0.717, 1.165) is 5.56 Å². The molecular formula is C14H14N2O2. The molecule has 0 saturated carbocycles. The summed E-state index contributed by atoms with van der Waals surface area (Å²) < 4.78 is 5.20. The van der Waals surface area contributed by atoms with Gasteiger partial charge in [-0.25, -0.2) is 0 Å². The van der Waals surface area contributed by atoms with E-state index < -0.39 is 0 Å². The van der Waals surface area contributed by atoms with Crippen molar-refractivity contribution < 1.29 is 9.21 Å². The van der Waals surface area contributed by atoms with E-state index in [1.54, 1.807) is 19.1 Å². The minimum Gasteiger partial charge on any atom is -0.456 e. The molecule has 18 heavy (non-hydrogen) atoms. The molecule has 1 heterocycles. The molecule has 0 aliphatic heterocycles. The number of amides is 1. The van der Waals surface area contributed by atoms with Crippen LogP contribution < -0.4 is 10.9 Å². The highest BCUT2D eigenvalue weighted by Crippen LogP contribution is 2.08. The quantitative estimate of drug-likeness (QED) is 0.810. The number of hydrogen-bond donors (Lipinski definition) is 2. The zero-order chi connectivity index (χ0) is 13.0. The number of aryl methyl sites for hydroxylation is 1. The van der Waals surface area contributed by atoms with Crippen molar-refractivity contribution in [3.05, 3.63) is 66.1 Å². The lowest BCUT2D eigenvalue weighted by Crippen LogP contribution is -2.35. The Morgan fingerprint density at radius 2 is 1.83 bits per heavy atom. The molecular weight excluding hydrogens is 228 g/mol. The SMILES string of the molecule is C=C(NNC(=O)c1ccc(C)o1)c1ccccc1. The third-order valence-corrected chi connectivity index (χ3v) is 2.41. The van der Waals surface area contributed by atoms with Crippen molar-refractivity contribution in [3.8, 4) is 0 Å². The standard InChI is InChI=1S/C14H14N2O2/c1-10-8-9-13(18-10)14(17)16-15-11(2)12-6-4-3-5-7-12/h3-9,15H,2H2,1H3,(H,16,17). The van der Waals surface area contributed by atoms with Gasteiger partial charge in [0.05, 0.1) is 5.70 Å². The van der Waals surface area contributed by atoms with Crippen molar-refractivity contribution in [3.63, 3.8) is 0 Å². The van der Waals surface area contributed by atoms with E-state index in [4.69, 9.17) is 4.42 Å². The second kappa shape index (κ2) is 5.23. The first-order valence-electron chi connectivity index (χ1n) is 5.54. The highest BCUT2D eigenvalue weighted by molar-refractivity contribution is 5.91. The largest absolute Gasteiger partial charge is 0.456 e. The minimum absolute atomic E-state index is 0.265. The Morgan fingerprint density at radius 1 is 1.11 bits per heavy atom. The molecule has 0 bridgehead atoms. The van der Waals surface area contributed by atoms with Crippen LogP contribution in [0.2, 0.25) is 0 Å². The number of benzene rings is 1. The summed E-state index contributed by atoms with van der Waals surface area (Å²) in [6.45, 7) is 5.62. The lowest BCUT2D eigenvalue weighted by molar-refractivity contribution is 0.0913. The van der Waals surface area contributed by atoms with Crippen LogP contribution in [0, 0.1) is 6.92 Å². The molecule has 0 radical (unpaired) electrons. The summed E-state index contributed by atoms with van der Waals surface area (Å²) in [6.07, 6.45) is 0. The van der Waals surface area contributed by atoms with Gasteiger partial charge in [0, 0.05) is 0 Å². The molecule has 0 atom stereocenters. The summed E-state index contributed by atoms with van der Waals surface area (Å²) in [6, 6.07) is 12.9. The second-order valence-electron chi connectivity index (χ2n) is 3.83. The van der Waals surface area contributed by atoms with Crippen LogP contribution in [-0.2, 0) is 0 Å². The van der Waals surface area contributed by atoms with E-state index in [-0.39, 0.29) is 11.7 Å². The molecule has 0 aliphatic carbocycles. The van der Waals surface area contributed by atoms with Gasteiger partial charge in [0.2, 0.25) is 0 Å². The van der Waals surface area contributed by atoms with Gasteiger partial charge in [-0.3, -0.25) is 15.6 Å². The molecule has 0 saturated heterocycles. The maximum absolute atomic E-state index is 11.7. The van der Waals surface area contributed by atoms with Crippen LogP contribution in [0.5, 0.6) is 0 Å². The molecule has 1 aromatic heterocycles. The van der Waals surface area contributed by atoms with Crippen molar-refractivity contribution >= 4 is 11.6 Å². The van der Waals surface area contributed by atoms with Crippen LogP contribution in [0.3, 0.4) is 0 Å². The molecule has 2 aromatic rings. The van der Waals surface area contributed by atoms with Crippen molar-refractivity contribution in [2.75, 3.05) is 0 Å². The van der Waals surface area contributed by atoms with Crippen molar-refractivity contribution in [2.45, 2.75) is 6.92 Å². The number of carbonyl (C=O) groups excluding carboxylic acids is 1. The fourth-order valence-electron chi connectivity index (χ4n) is 1.46. The van der Waals surface area contributed by atoms with Gasteiger partial charge in [-0.1, -0.05) is 36.9 Å². The Hall–Kier alpha value is -2.49. The van der Waals surface area contributed by atoms with E-state index in [1.165, 1.54) is 0 Å². The first kappa shape index (κ1) is 12.0. The predicted molar refractivity (Wildman–Crippen MR) is 69.5 cm³/mol. The normalized spacial score (nSPS) is 9.83. The van der Waals surface area contributed by atoms with Gasteiger partial charge in [-0.15, -0.1) is 0 Å². The average Bonchev–Trinajstić information content (AvgIpc) is 2.83. The molecule has 2 N–H and O–H groups in total. The topological polar surface area (TPSA) is 54.3 Å². The molecule has 92 valence electrons. The molecule has 0 unspecified atom stereocenters. The molecule has 1 aromatic carbocycles. The van der Waals surface area contributed by atoms with Crippen LogP contribution in [0.1, 0.15) is 21.9 Å². The molecule has 1 amide bonds. The minimum atomic E-state index is -0.333. The summed E-state index contributed by atoms with van der Waals surface area (Å²) in [4.78, 5) is 11.7. The fourth-order valence-corrected chi connectivity index (χ4v) is 1.46. The third-order valence-electron chi connectivity index (χ3n) is 2.41. The van der Waals surface area contributed by atoms with Crippen LogP contribution in [-0.4, -0.2) is 5.91 Å². The second-order valence-corrected chi connectivity index (χ2v) is 3.83. The van der Waals surface area contributed by atoms with Gasteiger partial charge < -0.3 is 4.42 Å². The van der Waals surface area contributed by atoms with E-state index in [0.29, 0.717) is 11.5 Å². The molecule has 0 aliphatic rings. The summed E-state index contributed by atoms with van der Waals surface area (Å²) in [5.41, 5.74) is 6.81. The first-order valence-corrected chi connectivity index (χ1v) is 5.54. The highest BCUT2D eigenvalue weighted by atomic mass is 16.3. The number of hydrogen-bond acceptors (Lipinski definition) is 3. The van der Waals surface area contributed by atoms with Gasteiger partial charge in [-0.2, -0.15) is 0 Å². The zero-order valence-electron chi connectivity index (χ0n) is 10.1. The Bertz CT molecular complexity index is 558. The van der Waals surface area contributed by atoms with E-state index in [9.17, 15) is 4.79 Å². The summed E-state index contributed by atoms with van der Waals surface area (Å²) in [5.74, 6) is 0.628. The van der Waals surface area contributed by atoms with Gasteiger partial charge in [-0.05, 0) is 24.6 Å². The molecule has 0 spiro atoms. The van der Waals surface area contributed by atoms with Crippen molar-refractivity contribution in [1.29, 1.82) is 0 Å². The molecule has 4 nitrogen and oxygen atoms in total. The highest BCUT2D eigenvalue weighted by Gasteiger charge is 2.09. The number of hydrazine groups is 1. The number of rotatable bonds is 4. The van der Waals surface area contributed by atoms with E-state index >= 15 is 0 Å². The Kier molecular flexibility index (Phi) is 3.48. The Balaban J connectivity index is 1.92. The molecule has 4 heteroatoms. The van der Waals surface area contributed by atoms with Crippen LogP contribution in [0.25, 0.3) is 5.70 Å². The van der Waals surface area contributed by atoms with Gasteiger partial charge >= 0.3 is 5.91 Å². The number of furan rings is 1. The monoisotopic (exact) mass is 242 g/mol. The lowest BCUT2D eigenvalue weighted by Gasteiger charge is -2.09. The van der Waals surface area contributed by atoms with Gasteiger partial charge in [0.15, 0.2) is 5.76 Å². The van der Waals surface area contributed by atoms with Crippen LogP contribution in [0.4, 0.5) is 0 Å². The predicted octanol–water partition coefficient (Wildman–Crippen LogP) is 2.49. The summed E-state index contributed by atoms with van der Waals surface area (Å²) in [7, 11) is 0. The van der Waals surface area contributed by atoms with Gasteiger partial charge in [0.1, 0.15) is 5.76 Å². The molecule has 0 fully saturated rings. The number of carbonyl (C=O) groups is 1. The van der Waals surface area contributed by atoms with Crippen molar-refractivity contribution in [1.82, 2.24) is 10.9 Å². The Labute approximate surface area is 105 Å². The average molecular weight is 242 g/mol. The third kappa shape index (κ3) is 2.79. The lowest BCUT2D eigenvalue weighted by atomic mass is 10.2. The van der Waals surface area contributed by atoms with E-state index in [1.807, 2.05) is 30.3 Å². The molecule has 2 rings (SSSR count). The van der Waals surface area contributed by atoms with E-state index in [2.05, 4.69) is 17.4 Å². The zero-order valence-corrected chi connectivity index (χ0v) is 10.1. The first-order chi connectivity index (χ1) is 8.66. The maximum Gasteiger partial charge on any atom is 0.305 e. The van der Waals surface area contributed by atoms with Gasteiger partial charge in [0.25, 0.3) is 0 Å². The summed E-state index contributed by atoms with van der Waals surface area (Å²) in [5, 5.41) is 0. The summed E-state index contributed by atoms with van der Waals surface area (Å²) >= 11 is 0. The van der Waals surface area contributed by atoms with Crippen LogP contribution in [0.15, 0.2) is 53.5 Å². The Morgan fingerprint density at radius 3 is 2.44 bits per heavy atom. The smallest absolute Gasteiger partial charge is 0.305 e. The number of nitrogens with one attached hydrogen (secondary N) is 2. The van der Waals surface area contributed by atoms with Crippen LogP contribution >= 0.6 is 0 Å².